The first-order chi connectivity index (χ1) is 17.1. The first kappa shape index (κ1) is 27.4. The Labute approximate surface area is 214 Å². The van der Waals surface area contributed by atoms with E-state index in [-0.39, 0.29) is 23.8 Å². The average Bonchev–Trinajstić information content (AvgIpc) is 2.84. The van der Waals surface area contributed by atoms with E-state index >= 15 is 0 Å². The Balaban J connectivity index is 1.55. The number of aliphatic hydroxyl groups is 2. The van der Waals surface area contributed by atoms with Crippen LogP contribution in [0.4, 0.5) is 0 Å². The first-order valence-corrected chi connectivity index (χ1v) is 12.4. The number of aromatic hydroxyl groups is 1. The number of β-amino-alcohol motifs (C(OH)–C–C–N with tert-alkyl or cyclic N) is 1. The van der Waals surface area contributed by atoms with Crippen LogP contribution in [-0.2, 0) is 19.4 Å². The summed E-state index contributed by atoms with van der Waals surface area (Å²) in [4.78, 5) is 12.8. The number of aryl methyl sites for hydroxylation is 2. The van der Waals surface area contributed by atoms with E-state index in [1.165, 1.54) is 22.8 Å². The molecule has 1 amide bonds. The average molecular weight is 491 g/mol. The summed E-state index contributed by atoms with van der Waals surface area (Å²) in [6.45, 7) is 8.88. The lowest BCUT2D eigenvalue weighted by Gasteiger charge is -2.28. The lowest BCUT2D eigenvalue weighted by atomic mass is 9.93. The molecule has 3 rings (SSSR count). The van der Waals surface area contributed by atoms with Gasteiger partial charge >= 0.3 is 0 Å². The minimum Gasteiger partial charge on any atom is -0.508 e. The molecule has 0 saturated carbocycles. The van der Waals surface area contributed by atoms with E-state index in [4.69, 9.17) is 0 Å². The highest BCUT2D eigenvalue weighted by atomic mass is 16.3. The normalized spacial score (nSPS) is 12.4. The predicted octanol–water partition coefficient (Wildman–Crippen LogP) is 4.12. The van der Waals surface area contributed by atoms with Crippen LogP contribution in [0, 0.1) is 13.8 Å². The van der Waals surface area contributed by atoms with Gasteiger partial charge in [0.2, 0.25) is 0 Å². The molecule has 0 heterocycles. The molecule has 36 heavy (non-hydrogen) atoms. The van der Waals surface area contributed by atoms with Crippen molar-refractivity contribution in [1.82, 2.24) is 10.6 Å². The largest absolute Gasteiger partial charge is 0.508 e. The standard InChI is InChI=1S/C30H38N2O4/c1-20-7-5-8-21(2)26(20)13-14-31-29(36)24-10-6-9-22(15-24)17-30(3,4)32-18-28(35)23-11-12-27(34)25(16-23)19-33/h5-12,15-16,28,32-35H,13-14,17-19H2,1-4H3,(H,31,36)/t28-/m0/s1. The molecule has 0 aliphatic heterocycles. The van der Waals surface area contributed by atoms with Gasteiger partial charge in [0.15, 0.2) is 0 Å². The molecule has 6 nitrogen and oxygen atoms in total. The van der Waals surface area contributed by atoms with E-state index in [0.29, 0.717) is 36.2 Å². The van der Waals surface area contributed by atoms with Crippen LogP contribution in [0.5, 0.6) is 5.75 Å². The van der Waals surface area contributed by atoms with Crippen LogP contribution >= 0.6 is 0 Å². The van der Waals surface area contributed by atoms with Crippen molar-refractivity contribution < 1.29 is 20.1 Å². The van der Waals surface area contributed by atoms with Gasteiger partial charge in [-0.15, -0.1) is 0 Å². The van der Waals surface area contributed by atoms with Crippen LogP contribution in [0.15, 0.2) is 60.7 Å². The third kappa shape index (κ3) is 7.40. The fraction of sp³-hybridized carbons (Fsp3) is 0.367. The van der Waals surface area contributed by atoms with Gasteiger partial charge in [0, 0.05) is 29.8 Å². The van der Waals surface area contributed by atoms with Crippen molar-refractivity contribution in [1.29, 1.82) is 0 Å². The summed E-state index contributed by atoms with van der Waals surface area (Å²) in [5, 5.41) is 36.1. The van der Waals surface area contributed by atoms with Crippen LogP contribution in [0.1, 0.15) is 63.7 Å². The number of benzene rings is 3. The summed E-state index contributed by atoms with van der Waals surface area (Å²) >= 11 is 0. The lowest BCUT2D eigenvalue weighted by Crippen LogP contribution is -2.43. The highest BCUT2D eigenvalue weighted by Gasteiger charge is 2.21. The fourth-order valence-electron chi connectivity index (χ4n) is 4.47. The lowest BCUT2D eigenvalue weighted by molar-refractivity contribution is 0.0954. The molecule has 0 fully saturated rings. The summed E-state index contributed by atoms with van der Waals surface area (Å²) in [6.07, 6.45) is 0.675. The molecule has 5 N–H and O–H groups in total. The van der Waals surface area contributed by atoms with Crippen LogP contribution in [0.2, 0.25) is 0 Å². The second-order valence-corrected chi connectivity index (χ2v) is 10.1. The summed E-state index contributed by atoms with van der Waals surface area (Å²) < 4.78 is 0. The quantitative estimate of drug-likeness (QED) is 0.278. The Kier molecular flexibility index (Phi) is 9.26. The van der Waals surface area contributed by atoms with Gasteiger partial charge < -0.3 is 26.0 Å². The third-order valence-corrected chi connectivity index (χ3v) is 6.57. The predicted molar refractivity (Wildman–Crippen MR) is 143 cm³/mol. The molecular weight excluding hydrogens is 452 g/mol. The van der Waals surface area contributed by atoms with Crippen molar-refractivity contribution in [2.45, 2.75) is 58.8 Å². The number of carbonyl (C=O) groups excluding carboxylic acids is 1. The van der Waals surface area contributed by atoms with Crippen molar-refractivity contribution in [3.05, 3.63) is 99.6 Å². The highest BCUT2D eigenvalue weighted by molar-refractivity contribution is 5.94. The number of hydrogen-bond donors (Lipinski definition) is 5. The van der Waals surface area contributed by atoms with E-state index in [1.807, 2.05) is 38.1 Å². The van der Waals surface area contributed by atoms with Gasteiger partial charge in [0.1, 0.15) is 5.75 Å². The van der Waals surface area contributed by atoms with Gasteiger partial charge in [-0.05, 0) is 92.6 Å². The number of rotatable bonds is 11. The fourth-order valence-corrected chi connectivity index (χ4v) is 4.47. The molecule has 3 aromatic carbocycles. The molecule has 0 aliphatic carbocycles. The molecule has 3 aromatic rings. The number of nitrogens with one attached hydrogen (secondary N) is 2. The van der Waals surface area contributed by atoms with Crippen LogP contribution < -0.4 is 10.6 Å². The van der Waals surface area contributed by atoms with Crippen molar-refractivity contribution in [2.75, 3.05) is 13.1 Å². The minimum absolute atomic E-state index is 0.0101. The minimum atomic E-state index is -0.788. The molecule has 0 unspecified atom stereocenters. The van der Waals surface area contributed by atoms with E-state index in [9.17, 15) is 20.1 Å². The Morgan fingerprint density at radius 2 is 1.69 bits per heavy atom. The molecule has 0 bridgehead atoms. The number of carbonyl (C=O) groups is 1. The molecule has 0 radical (unpaired) electrons. The van der Waals surface area contributed by atoms with Crippen molar-refractivity contribution in [2.24, 2.45) is 0 Å². The summed E-state index contributed by atoms with van der Waals surface area (Å²) in [5.41, 5.74) is 6.09. The molecular formula is C30H38N2O4. The smallest absolute Gasteiger partial charge is 0.251 e. The maximum atomic E-state index is 12.8. The zero-order chi connectivity index (χ0) is 26.3. The van der Waals surface area contributed by atoms with Crippen LogP contribution in [0.25, 0.3) is 0 Å². The van der Waals surface area contributed by atoms with Gasteiger partial charge in [0.25, 0.3) is 5.91 Å². The summed E-state index contributed by atoms with van der Waals surface area (Å²) in [7, 11) is 0. The molecule has 0 saturated heterocycles. The first-order valence-electron chi connectivity index (χ1n) is 12.4. The molecule has 1 atom stereocenters. The van der Waals surface area contributed by atoms with Crippen molar-refractivity contribution in [3.8, 4) is 5.75 Å². The highest BCUT2D eigenvalue weighted by Crippen LogP contribution is 2.23. The monoisotopic (exact) mass is 490 g/mol. The number of amides is 1. The summed E-state index contributed by atoms with van der Waals surface area (Å²) in [5.74, 6) is -0.0766. The second-order valence-electron chi connectivity index (χ2n) is 10.1. The molecule has 0 aliphatic rings. The maximum Gasteiger partial charge on any atom is 0.251 e. The van der Waals surface area contributed by atoms with Crippen LogP contribution in [-0.4, -0.2) is 39.9 Å². The molecule has 192 valence electrons. The van der Waals surface area contributed by atoms with Gasteiger partial charge in [-0.2, -0.15) is 0 Å². The summed E-state index contributed by atoms with van der Waals surface area (Å²) in [6, 6.07) is 18.6. The molecule has 6 heteroatoms. The van der Waals surface area contributed by atoms with Crippen molar-refractivity contribution >= 4 is 5.91 Å². The van der Waals surface area contributed by atoms with E-state index in [1.54, 1.807) is 12.1 Å². The van der Waals surface area contributed by atoms with Gasteiger partial charge in [-0.1, -0.05) is 36.4 Å². The zero-order valence-corrected chi connectivity index (χ0v) is 21.6. The Bertz CT molecular complexity index is 1170. The van der Waals surface area contributed by atoms with Crippen LogP contribution in [0.3, 0.4) is 0 Å². The zero-order valence-electron chi connectivity index (χ0n) is 21.6. The van der Waals surface area contributed by atoms with Gasteiger partial charge in [-0.3, -0.25) is 4.79 Å². The number of aliphatic hydroxyl groups excluding tert-OH is 2. The van der Waals surface area contributed by atoms with E-state index in [2.05, 4.69) is 42.7 Å². The SMILES string of the molecule is Cc1cccc(C)c1CCNC(=O)c1cccc(CC(C)(C)NC[C@H](O)c2ccc(O)c(CO)c2)c1. The Morgan fingerprint density at radius 1 is 1.00 bits per heavy atom. The van der Waals surface area contributed by atoms with E-state index < -0.39 is 6.10 Å². The Hall–Kier alpha value is -3.19. The molecule has 0 spiro atoms. The number of hydrogen-bond acceptors (Lipinski definition) is 5. The maximum absolute atomic E-state index is 12.8. The number of phenols is 1. The third-order valence-electron chi connectivity index (χ3n) is 6.57. The second kappa shape index (κ2) is 12.2. The van der Waals surface area contributed by atoms with E-state index in [0.717, 1.165) is 12.0 Å². The van der Waals surface area contributed by atoms with Gasteiger partial charge in [-0.25, -0.2) is 0 Å². The molecule has 0 aromatic heterocycles. The Morgan fingerprint density at radius 3 is 2.39 bits per heavy atom. The van der Waals surface area contributed by atoms with Crippen molar-refractivity contribution in [3.63, 3.8) is 0 Å². The van der Waals surface area contributed by atoms with Gasteiger partial charge in [0.05, 0.1) is 12.7 Å². The topological polar surface area (TPSA) is 102 Å².